The number of piperidine rings is 1. The van der Waals surface area contributed by atoms with Crippen LogP contribution in [0.1, 0.15) is 38.4 Å². The maximum Gasteiger partial charge on any atom is 0.233 e. The molecule has 1 saturated heterocycles. The molecule has 2 atom stereocenters. The number of rotatable bonds is 5. The van der Waals surface area contributed by atoms with Crippen LogP contribution < -0.4 is 5.49 Å². The summed E-state index contributed by atoms with van der Waals surface area (Å²) in [4.78, 5) is 19.6. The Labute approximate surface area is 186 Å². The molecule has 2 aromatic heterocycles. The van der Waals surface area contributed by atoms with Crippen molar-refractivity contribution in [3.8, 4) is 5.69 Å². The van der Waals surface area contributed by atoms with Crippen LogP contribution in [-0.4, -0.2) is 49.4 Å². The van der Waals surface area contributed by atoms with Crippen LogP contribution >= 0.6 is 11.8 Å². The van der Waals surface area contributed by atoms with Crippen molar-refractivity contribution in [3.05, 3.63) is 41.0 Å². The minimum atomic E-state index is 0.128. The number of nitrogens with one attached hydrogen (secondary N) is 2. The zero-order valence-corrected chi connectivity index (χ0v) is 19.4. The van der Waals surface area contributed by atoms with Crippen molar-refractivity contribution in [2.24, 2.45) is 11.8 Å². The van der Waals surface area contributed by atoms with Gasteiger partial charge in [0.15, 0.2) is 10.8 Å². The number of aryl methyl sites for hydroxylation is 2. The molecule has 3 heterocycles. The minimum absolute atomic E-state index is 0.128. The predicted molar refractivity (Wildman–Crippen MR) is 123 cm³/mol. The van der Waals surface area contributed by atoms with Crippen molar-refractivity contribution in [1.82, 2.24) is 24.6 Å². The monoisotopic (exact) mass is 438 g/mol. The molecule has 4 rings (SSSR count). The van der Waals surface area contributed by atoms with Gasteiger partial charge in [-0.25, -0.2) is 4.98 Å². The number of carbonyl (C=O) groups is 1. The summed E-state index contributed by atoms with van der Waals surface area (Å²) in [5.74, 6) is 1.48. The summed E-state index contributed by atoms with van der Waals surface area (Å²) >= 11 is 1.38. The Hall–Kier alpha value is -2.61. The molecule has 7 nitrogen and oxygen atoms in total. The third-order valence-electron chi connectivity index (χ3n) is 5.93. The van der Waals surface area contributed by atoms with Gasteiger partial charge in [0.25, 0.3) is 0 Å². The lowest BCUT2D eigenvalue weighted by atomic mass is 9.92. The Kier molecular flexibility index (Phi) is 6.18. The number of amides is 1. The maximum atomic E-state index is 12.9. The third-order valence-corrected chi connectivity index (χ3v) is 6.85. The summed E-state index contributed by atoms with van der Waals surface area (Å²) in [6.45, 7) is 10.1. The molecule has 31 heavy (non-hydrogen) atoms. The van der Waals surface area contributed by atoms with Gasteiger partial charge in [-0.3, -0.25) is 19.9 Å². The van der Waals surface area contributed by atoms with Gasteiger partial charge in [0.2, 0.25) is 5.91 Å². The summed E-state index contributed by atoms with van der Waals surface area (Å²) in [6.07, 6.45) is 2.13. The summed E-state index contributed by atoms with van der Waals surface area (Å²) in [6, 6.07) is 8.17. The predicted octanol–water partition coefficient (Wildman–Crippen LogP) is 3.70. The molecule has 0 radical (unpaired) electrons. The molecule has 0 spiro atoms. The Morgan fingerprint density at radius 2 is 1.90 bits per heavy atom. The Bertz CT molecular complexity index is 1140. The van der Waals surface area contributed by atoms with E-state index in [-0.39, 0.29) is 5.91 Å². The van der Waals surface area contributed by atoms with E-state index < -0.39 is 0 Å². The minimum Gasteiger partial charge on any atom is -0.341 e. The van der Waals surface area contributed by atoms with Crippen LogP contribution in [0.4, 0.5) is 0 Å². The number of carbonyl (C=O) groups excluding carboxylic acids is 1. The van der Waals surface area contributed by atoms with Gasteiger partial charge in [-0.15, -0.1) is 0 Å². The van der Waals surface area contributed by atoms with Crippen LogP contribution in [0.25, 0.3) is 16.7 Å². The Balaban J connectivity index is 1.67. The number of aromatic nitrogens is 4. The second kappa shape index (κ2) is 8.86. The van der Waals surface area contributed by atoms with Gasteiger partial charge < -0.3 is 4.90 Å². The summed E-state index contributed by atoms with van der Waals surface area (Å²) in [5.41, 5.74) is 3.76. The molecule has 0 bridgehead atoms. The van der Waals surface area contributed by atoms with Gasteiger partial charge in [0.1, 0.15) is 5.49 Å². The molecule has 0 aliphatic carbocycles. The number of hydrogen-bond donors (Lipinski definition) is 2. The quantitative estimate of drug-likeness (QED) is 0.469. The van der Waals surface area contributed by atoms with Crippen LogP contribution in [0.15, 0.2) is 29.4 Å². The highest BCUT2D eigenvalue weighted by atomic mass is 32.2. The summed E-state index contributed by atoms with van der Waals surface area (Å²) in [7, 11) is 0. The van der Waals surface area contributed by atoms with Gasteiger partial charge in [-0.2, -0.15) is 5.10 Å². The first-order chi connectivity index (χ1) is 14.9. The van der Waals surface area contributed by atoms with Gasteiger partial charge in [0, 0.05) is 24.5 Å². The highest BCUT2D eigenvalue weighted by Crippen LogP contribution is 2.25. The zero-order valence-electron chi connectivity index (χ0n) is 18.6. The first-order valence-electron chi connectivity index (χ1n) is 10.9. The molecule has 164 valence electrons. The number of likely N-dealkylation sites (tertiary alicyclic amines) is 1. The molecule has 1 aliphatic rings. The average molecular weight is 439 g/mol. The number of nitrogens with zero attached hydrogens (tertiary/aromatic N) is 4. The first kappa shape index (κ1) is 21.6. The highest BCUT2D eigenvalue weighted by molar-refractivity contribution is 7.99. The lowest BCUT2D eigenvalue weighted by Crippen LogP contribution is -2.43. The smallest absolute Gasteiger partial charge is 0.233 e. The Morgan fingerprint density at radius 1 is 1.23 bits per heavy atom. The lowest BCUT2D eigenvalue weighted by molar-refractivity contribution is -0.130. The molecule has 1 fully saturated rings. The second-order valence-electron chi connectivity index (χ2n) is 8.68. The molecular weight excluding hydrogens is 408 g/mol. The number of fused-ring (bicyclic) bond motifs is 1. The largest absolute Gasteiger partial charge is 0.341 e. The fourth-order valence-corrected chi connectivity index (χ4v) is 5.34. The fourth-order valence-electron chi connectivity index (χ4n) is 4.43. The van der Waals surface area contributed by atoms with E-state index in [1.165, 1.54) is 23.7 Å². The third kappa shape index (κ3) is 4.39. The lowest BCUT2D eigenvalue weighted by Gasteiger charge is -2.35. The van der Waals surface area contributed by atoms with E-state index in [1.54, 1.807) is 0 Å². The topological polar surface area (TPSA) is 90.7 Å². The standard InChI is InChI=1S/C23H30N6OS/c1-5-17-6-8-18(9-7-17)29-21(24)20-16(4)26-27-22(20)25-23(29)31-13-19(30)28-11-14(2)10-15(3)12-28/h6-9,14-15,24H,5,10-13H2,1-4H3,(H,26,27)/t14-,15-/m1/s1. The second-order valence-corrected chi connectivity index (χ2v) is 9.62. The van der Waals surface area contributed by atoms with Crippen molar-refractivity contribution >= 4 is 28.7 Å². The van der Waals surface area contributed by atoms with Crippen LogP contribution in [0, 0.1) is 24.2 Å². The number of hydrogen-bond acceptors (Lipinski definition) is 5. The summed E-state index contributed by atoms with van der Waals surface area (Å²) < 4.78 is 1.82. The van der Waals surface area contributed by atoms with Crippen LogP contribution in [0.5, 0.6) is 0 Å². The molecule has 0 saturated carbocycles. The molecular formula is C23H30N6OS. The van der Waals surface area contributed by atoms with Crippen molar-refractivity contribution in [1.29, 1.82) is 5.41 Å². The first-order valence-corrected chi connectivity index (χ1v) is 11.9. The number of benzene rings is 1. The van der Waals surface area contributed by atoms with Gasteiger partial charge >= 0.3 is 0 Å². The van der Waals surface area contributed by atoms with E-state index in [2.05, 4.69) is 43.1 Å². The molecule has 2 N–H and O–H groups in total. The van der Waals surface area contributed by atoms with Crippen molar-refractivity contribution in [2.45, 2.75) is 45.7 Å². The van der Waals surface area contributed by atoms with Crippen molar-refractivity contribution < 1.29 is 4.79 Å². The molecule has 1 amide bonds. The van der Waals surface area contributed by atoms with Crippen molar-refractivity contribution in [2.75, 3.05) is 18.8 Å². The molecule has 3 aromatic rings. The van der Waals surface area contributed by atoms with Crippen LogP contribution in [0.3, 0.4) is 0 Å². The van der Waals surface area contributed by atoms with E-state index in [0.717, 1.165) is 30.9 Å². The van der Waals surface area contributed by atoms with Crippen molar-refractivity contribution in [3.63, 3.8) is 0 Å². The fraction of sp³-hybridized carbons (Fsp3) is 0.478. The van der Waals surface area contributed by atoms with Gasteiger partial charge in [0.05, 0.1) is 11.1 Å². The summed E-state index contributed by atoms with van der Waals surface area (Å²) in [5, 5.41) is 17.4. The number of aromatic amines is 1. The number of H-pyrrole nitrogens is 1. The molecule has 1 aliphatic heterocycles. The van der Waals surface area contributed by atoms with Gasteiger partial charge in [-0.1, -0.05) is 44.7 Å². The van der Waals surface area contributed by atoms with E-state index >= 15 is 0 Å². The molecule has 1 aromatic carbocycles. The van der Waals surface area contributed by atoms with E-state index in [1.807, 2.05) is 28.5 Å². The average Bonchev–Trinajstić information content (AvgIpc) is 3.12. The maximum absolute atomic E-state index is 12.9. The van der Waals surface area contributed by atoms with E-state index in [0.29, 0.717) is 39.3 Å². The number of thioether (sulfide) groups is 1. The highest BCUT2D eigenvalue weighted by Gasteiger charge is 2.26. The molecule has 8 heteroatoms. The normalized spacial score (nSPS) is 19.2. The Morgan fingerprint density at radius 3 is 2.55 bits per heavy atom. The van der Waals surface area contributed by atoms with E-state index in [4.69, 9.17) is 10.4 Å². The van der Waals surface area contributed by atoms with Crippen LogP contribution in [0.2, 0.25) is 0 Å². The molecule has 0 unspecified atom stereocenters. The van der Waals surface area contributed by atoms with E-state index in [9.17, 15) is 4.79 Å². The van der Waals surface area contributed by atoms with Crippen LogP contribution in [-0.2, 0) is 11.2 Å². The SMILES string of the molecule is CCc1ccc(-n2c(SCC(=O)N3C[C@H](C)C[C@@H](C)C3)nc3n[nH]c(C)c3c2=N)cc1. The van der Waals surface area contributed by atoms with Gasteiger partial charge in [-0.05, 0) is 49.3 Å². The zero-order chi connectivity index (χ0) is 22.1.